The summed E-state index contributed by atoms with van der Waals surface area (Å²) in [6, 6.07) is 9.45. The molecule has 10 heteroatoms. The minimum Gasteiger partial charge on any atom is -0.324 e. The van der Waals surface area contributed by atoms with Crippen LogP contribution in [0.2, 0.25) is 0 Å². The number of aromatic nitrogens is 5. The Morgan fingerprint density at radius 2 is 1.90 bits per heavy atom. The number of carbonyl (C=O) groups is 1. The highest BCUT2D eigenvalue weighted by Crippen LogP contribution is 2.12. The van der Waals surface area contributed by atoms with Crippen molar-refractivity contribution >= 4 is 33.5 Å². The third-order valence-corrected chi connectivity index (χ3v) is 5.40. The van der Waals surface area contributed by atoms with E-state index < -0.39 is 23.7 Å². The number of hydrogen-bond acceptors (Lipinski definition) is 6. The van der Waals surface area contributed by atoms with Gasteiger partial charge in [0.1, 0.15) is 6.54 Å². The van der Waals surface area contributed by atoms with E-state index in [2.05, 4.69) is 15.3 Å². The Morgan fingerprint density at radius 1 is 1.13 bits per heavy atom. The summed E-state index contributed by atoms with van der Waals surface area (Å²) in [7, 11) is 0. The molecule has 0 spiro atoms. The van der Waals surface area contributed by atoms with Gasteiger partial charge in [0.05, 0.1) is 12.9 Å². The van der Waals surface area contributed by atoms with Gasteiger partial charge in [-0.15, -0.1) is 11.3 Å². The molecule has 0 saturated heterocycles. The lowest BCUT2D eigenvalue weighted by atomic mass is 10.2. The average Bonchev–Trinajstić information content (AvgIpc) is 3.39. The Balaban J connectivity index is 1.83. The van der Waals surface area contributed by atoms with Crippen LogP contribution in [0, 0.1) is 5.92 Å². The second-order valence-electron chi connectivity index (χ2n) is 7.59. The van der Waals surface area contributed by atoms with Gasteiger partial charge >= 0.3 is 5.69 Å². The van der Waals surface area contributed by atoms with E-state index in [0.29, 0.717) is 22.8 Å². The van der Waals surface area contributed by atoms with E-state index in [-0.39, 0.29) is 12.5 Å². The predicted octanol–water partition coefficient (Wildman–Crippen LogP) is 2.16. The molecule has 1 aromatic carbocycles. The summed E-state index contributed by atoms with van der Waals surface area (Å²) in [6.45, 7) is 4.47. The van der Waals surface area contributed by atoms with Gasteiger partial charge < -0.3 is 9.88 Å². The van der Waals surface area contributed by atoms with Crippen LogP contribution in [0.15, 0.2) is 57.8 Å². The molecule has 3 heterocycles. The fraction of sp³-hybridized carbons (Fsp3) is 0.286. The average molecular weight is 439 g/mol. The third kappa shape index (κ3) is 4.33. The molecule has 1 N–H and O–H groups in total. The summed E-state index contributed by atoms with van der Waals surface area (Å²) in [6.07, 6.45) is 3.14. The number of anilines is 1. The lowest BCUT2D eigenvalue weighted by Gasteiger charge is -2.13. The van der Waals surface area contributed by atoms with Crippen molar-refractivity contribution < 1.29 is 4.79 Å². The number of amides is 1. The fourth-order valence-corrected chi connectivity index (χ4v) is 3.95. The molecule has 0 aliphatic heterocycles. The summed E-state index contributed by atoms with van der Waals surface area (Å²) < 4.78 is 4.16. The van der Waals surface area contributed by atoms with E-state index in [0.717, 1.165) is 10.1 Å². The largest absolute Gasteiger partial charge is 0.333 e. The van der Waals surface area contributed by atoms with Gasteiger partial charge in [0.2, 0.25) is 5.91 Å². The minimum absolute atomic E-state index is 0.239. The molecule has 0 fully saturated rings. The van der Waals surface area contributed by atoms with Crippen LogP contribution in [-0.2, 0) is 24.4 Å². The van der Waals surface area contributed by atoms with Gasteiger partial charge in [0.15, 0.2) is 16.3 Å². The van der Waals surface area contributed by atoms with Crippen LogP contribution in [0.3, 0.4) is 0 Å². The summed E-state index contributed by atoms with van der Waals surface area (Å²) in [4.78, 5) is 47.4. The molecule has 0 aliphatic rings. The Kier molecular flexibility index (Phi) is 5.81. The monoisotopic (exact) mass is 438 g/mol. The number of nitrogens with one attached hydrogen (secondary N) is 1. The van der Waals surface area contributed by atoms with Crippen molar-refractivity contribution in [1.29, 1.82) is 0 Å². The highest BCUT2D eigenvalue weighted by molar-refractivity contribution is 7.13. The second-order valence-corrected chi connectivity index (χ2v) is 8.49. The molecule has 4 rings (SSSR count). The minimum atomic E-state index is -0.578. The van der Waals surface area contributed by atoms with Gasteiger partial charge in [-0.3, -0.25) is 14.2 Å². The molecule has 0 unspecified atom stereocenters. The molecular weight excluding hydrogens is 416 g/mol. The maximum Gasteiger partial charge on any atom is 0.333 e. The zero-order valence-corrected chi connectivity index (χ0v) is 18.0. The molecule has 0 bridgehead atoms. The molecule has 31 heavy (non-hydrogen) atoms. The van der Waals surface area contributed by atoms with Crippen molar-refractivity contribution in [3.05, 3.63) is 74.6 Å². The molecule has 0 atom stereocenters. The van der Waals surface area contributed by atoms with Crippen LogP contribution in [0.4, 0.5) is 5.13 Å². The van der Waals surface area contributed by atoms with Gasteiger partial charge in [-0.05, 0) is 11.5 Å². The zero-order chi connectivity index (χ0) is 22.0. The third-order valence-electron chi connectivity index (χ3n) is 4.71. The lowest BCUT2D eigenvalue weighted by molar-refractivity contribution is -0.116. The maximum atomic E-state index is 13.3. The van der Waals surface area contributed by atoms with Crippen molar-refractivity contribution in [2.75, 3.05) is 5.32 Å². The van der Waals surface area contributed by atoms with Gasteiger partial charge in [-0.2, -0.15) is 0 Å². The molecule has 0 aliphatic carbocycles. The van der Waals surface area contributed by atoms with Crippen LogP contribution < -0.4 is 16.6 Å². The molecule has 3 aromatic heterocycles. The van der Waals surface area contributed by atoms with Crippen LogP contribution in [0.5, 0.6) is 0 Å². The normalized spacial score (nSPS) is 11.3. The zero-order valence-electron chi connectivity index (χ0n) is 17.2. The van der Waals surface area contributed by atoms with Crippen LogP contribution in [0.25, 0.3) is 11.2 Å². The number of thiazole rings is 1. The van der Waals surface area contributed by atoms with E-state index in [9.17, 15) is 14.4 Å². The highest BCUT2D eigenvalue weighted by atomic mass is 32.1. The summed E-state index contributed by atoms with van der Waals surface area (Å²) in [5, 5.41) is 4.76. The first-order valence-electron chi connectivity index (χ1n) is 9.85. The van der Waals surface area contributed by atoms with Crippen molar-refractivity contribution in [2.24, 2.45) is 5.92 Å². The number of imidazole rings is 1. The number of rotatable bonds is 7. The number of benzene rings is 1. The van der Waals surface area contributed by atoms with Crippen molar-refractivity contribution in [2.45, 2.75) is 33.5 Å². The molecule has 0 saturated carbocycles. The van der Waals surface area contributed by atoms with Crippen molar-refractivity contribution in [3.63, 3.8) is 0 Å². The number of carbonyl (C=O) groups excluding carboxylic acids is 1. The molecule has 4 aromatic rings. The van der Waals surface area contributed by atoms with Crippen molar-refractivity contribution in [3.8, 4) is 0 Å². The standard InChI is InChI=1S/C21H22N6O3S/c1-14(2)10-25-13-23-18-17(25)19(29)27(12-16(28)24-20-22-8-9-31-20)21(30)26(18)11-15-6-4-3-5-7-15/h3-9,13-14H,10-12H2,1-2H3,(H,22,24,28). The van der Waals surface area contributed by atoms with E-state index in [1.165, 1.54) is 15.9 Å². The topological polar surface area (TPSA) is 104 Å². The van der Waals surface area contributed by atoms with E-state index >= 15 is 0 Å². The summed E-state index contributed by atoms with van der Waals surface area (Å²) >= 11 is 1.26. The molecule has 0 radical (unpaired) electrons. The first-order valence-corrected chi connectivity index (χ1v) is 10.7. The SMILES string of the molecule is CC(C)Cn1cnc2c1c(=O)n(CC(=O)Nc1nccs1)c(=O)n2Cc1ccccc1. The highest BCUT2D eigenvalue weighted by Gasteiger charge is 2.20. The molecule has 9 nitrogen and oxygen atoms in total. The Labute approximate surface area is 181 Å². The number of fused-ring (bicyclic) bond motifs is 1. The molecular formula is C21H22N6O3S. The Morgan fingerprint density at radius 3 is 2.58 bits per heavy atom. The predicted molar refractivity (Wildman–Crippen MR) is 119 cm³/mol. The van der Waals surface area contributed by atoms with Gasteiger partial charge in [-0.1, -0.05) is 44.2 Å². The van der Waals surface area contributed by atoms with E-state index in [1.807, 2.05) is 44.2 Å². The smallest absolute Gasteiger partial charge is 0.324 e. The Bertz CT molecular complexity index is 1320. The lowest BCUT2D eigenvalue weighted by Crippen LogP contribution is -2.43. The number of hydrogen-bond donors (Lipinski definition) is 1. The van der Waals surface area contributed by atoms with Crippen molar-refractivity contribution in [1.82, 2.24) is 23.7 Å². The summed E-state index contributed by atoms with van der Waals surface area (Å²) in [5.41, 5.74) is 0.409. The van der Waals surface area contributed by atoms with Gasteiger partial charge in [0.25, 0.3) is 5.56 Å². The molecule has 1 amide bonds. The first-order chi connectivity index (χ1) is 14.9. The van der Waals surface area contributed by atoms with Crippen LogP contribution >= 0.6 is 11.3 Å². The van der Waals surface area contributed by atoms with Gasteiger partial charge in [-0.25, -0.2) is 19.3 Å². The Hall–Kier alpha value is -3.53. The maximum absolute atomic E-state index is 13.3. The first kappa shape index (κ1) is 20.7. The van der Waals surface area contributed by atoms with E-state index in [1.54, 1.807) is 22.5 Å². The van der Waals surface area contributed by atoms with Gasteiger partial charge in [0, 0.05) is 18.1 Å². The fourth-order valence-electron chi connectivity index (χ4n) is 3.41. The second kappa shape index (κ2) is 8.68. The van der Waals surface area contributed by atoms with E-state index in [4.69, 9.17) is 0 Å². The molecule has 160 valence electrons. The number of nitrogens with zero attached hydrogens (tertiary/aromatic N) is 5. The summed E-state index contributed by atoms with van der Waals surface area (Å²) in [5.74, 6) is -0.220. The quantitative estimate of drug-likeness (QED) is 0.476. The van der Waals surface area contributed by atoms with Crippen LogP contribution in [-0.4, -0.2) is 29.6 Å². The van der Waals surface area contributed by atoms with Crippen LogP contribution in [0.1, 0.15) is 19.4 Å².